The molecular weight excluding hydrogens is 498 g/mol. The summed E-state index contributed by atoms with van der Waals surface area (Å²) in [4.78, 5) is 29.9. The van der Waals surface area contributed by atoms with Crippen molar-refractivity contribution in [3.8, 4) is 5.75 Å². The van der Waals surface area contributed by atoms with E-state index in [1.165, 1.54) is 42.4 Å². The minimum atomic E-state index is 0.00675. The van der Waals surface area contributed by atoms with E-state index in [1.54, 1.807) is 14.0 Å². The van der Waals surface area contributed by atoms with Crippen LogP contribution in [0.4, 0.5) is 0 Å². The Morgan fingerprint density at radius 3 is 1.62 bits per heavy atom. The quantitative estimate of drug-likeness (QED) is 0.292. The van der Waals surface area contributed by atoms with Gasteiger partial charge in [0.1, 0.15) is 25.1 Å². The number of hydrogen-bond acceptors (Lipinski definition) is 5. The predicted molar refractivity (Wildman–Crippen MR) is 173 cm³/mol. The van der Waals surface area contributed by atoms with Crippen LogP contribution in [0, 0.1) is 0 Å². The Bertz CT molecular complexity index is 852. The predicted octanol–water partition coefficient (Wildman–Crippen LogP) is 8.82. The molecule has 0 aliphatic rings. The maximum absolute atomic E-state index is 11.7. The summed E-state index contributed by atoms with van der Waals surface area (Å²) in [5.74, 6) is 1.18. The first-order valence-corrected chi connectivity index (χ1v) is 14.5. The first kappa shape index (κ1) is 41.7. The number of methoxy groups -OCH3 is 1. The molecule has 0 amide bonds. The molecule has 40 heavy (non-hydrogen) atoms. The van der Waals surface area contributed by atoms with Crippen LogP contribution in [0.3, 0.4) is 0 Å². The highest BCUT2D eigenvalue weighted by atomic mass is 16.5. The van der Waals surface area contributed by atoms with E-state index >= 15 is 0 Å². The molecule has 0 aromatic heterocycles. The third-order valence-electron chi connectivity index (χ3n) is 6.62. The first-order chi connectivity index (χ1) is 19.0. The summed E-state index contributed by atoms with van der Waals surface area (Å²) in [6.07, 6.45) is 7.29. The Kier molecular flexibility index (Phi) is 26.3. The zero-order valence-electron chi connectivity index (χ0n) is 27.5. The molecule has 2 rings (SSSR count). The normalized spacial score (nSPS) is 11.5. The van der Waals surface area contributed by atoms with E-state index in [9.17, 15) is 4.79 Å². The van der Waals surface area contributed by atoms with Gasteiger partial charge in [-0.3, -0.25) is 9.69 Å². The maximum Gasteiger partial charge on any atom is 0.146 e. The van der Waals surface area contributed by atoms with Gasteiger partial charge in [-0.1, -0.05) is 111 Å². The van der Waals surface area contributed by atoms with Crippen LogP contribution in [0.25, 0.3) is 0 Å². The molecule has 1 unspecified atom stereocenters. The Labute approximate surface area is 246 Å². The molecule has 0 radical (unpaired) electrons. The summed E-state index contributed by atoms with van der Waals surface area (Å²) in [6, 6.07) is 17.3. The number of ether oxygens (including phenoxy) is 1. The van der Waals surface area contributed by atoms with E-state index in [0.29, 0.717) is 0 Å². The van der Waals surface area contributed by atoms with Gasteiger partial charge in [-0.25, -0.2) is 0 Å². The van der Waals surface area contributed by atoms with Crippen molar-refractivity contribution >= 4 is 19.4 Å². The van der Waals surface area contributed by atoms with Crippen LogP contribution in [0.2, 0.25) is 0 Å². The smallest absolute Gasteiger partial charge is 0.146 e. The number of hydrogen-bond donors (Lipinski definition) is 0. The molecule has 2 aromatic carbocycles. The lowest BCUT2D eigenvalue weighted by molar-refractivity contribution is -0.122. The summed E-state index contributed by atoms with van der Waals surface area (Å²) in [5, 5.41) is 0. The fourth-order valence-corrected chi connectivity index (χ4v) is 4.06. The standard InChI is InChI=1S/C18H29NO.C10H14O.C5H12.2CH2O/c1-8-17(14(3)20)19(7)13(2)15-9-11-16(12-10-15)18(4,5)6;1-3-4-9-5-7-10(11-2)8-6-9;1-3-5-4-2;2*1-2/h9-13,17H,8H2,1-7H3;5-8H,3-4H2,1-2H3;3-5H2,1-2H3;2*1H2/t13?,17-;;;;/m0..../s1. The van der Waals surface area contributed by atoms with Gasteiger partial charge < -0.3 is 14.3 Å². The van der Waals surface area contributed by atoms with E-state index in [1.807, 2.05) is 32.8 Å². The first-order valence-electron chi connectivity index (χ1n) is 14.5. The van der Waals surface area contributed by atoms with E-state index in [4.69, 9.17) is 14.3 Å². The van der Waals surface area contributed by atoms with Gasteiger partial charge in [-0.05, 0) is 68.0 Å². The van der Waals surface area contributed by atoms with Gasteiger partial charge in [-0.15, -0.1) is 0 Å². The molecule has 2 atom stereocenters. The topological polar surface area (TPSA) is 63.7 Å². The lowest BCUT2D eigenvalue weighted by atomic mass is 9.86. The number of nitrogens with zero attached hydrogens (tertiary/aromatic N) is 1. The van der Waals surface area contributed by atoms with Gasteiger partial charge in [0.25, 0.3) is 0 Å². The highest BCUT2D eigenvalue weighted by Crippen LogP contribution is 2.27. The van der Waals surface area contributed by atoms with Crippen LogP contribution >= 0.6 is 0 Å². The second kappa shape index (κ2) is 25.2. The van der Waals surface area contributed by atoms with Gasteiger partial charge in [0, 0.05) is 6.04 Å². The van der Waals surface area contributed by atoms with Crippen molar-refractivity contribution in [2.45, 2.75) is 118 Å². The van der Waals surface area contributed by atoms with Crippen molar-refractivity contribution in [3.05, 3.63) is 65.2 Å². The Morgan fingerprint density at radius 1 is 0.850 bits per heavy atom. The molecule has 0 saturated carbocycles. The summed E-state index contributed by atoms with van der Waals surface area (Å²) in [6.45, 7) is 23.2. The molecule has 0 spiro atoms. The Hall–Kier alpha value is -2.79. The molecular formula is C35H59NO4. The molecule has 5 heteroatoms. The molecule has 0 saturated heterocycles. The molecule has 0 aliphatic carbocycles. The van der Waals surface area contributed by atoms with Gasteiger partial charge in [-0.2, -0.15) is 0 Å². The summed E-state index contributed by atoms with van der Waals surface area (Å²) in [5.41, 5.74) is 4.17. The SMILES string of the molecule is C=O.C=O.CCCCC.CCCc1ccc(OC)cc1.CC[C@@H](C(C)=O)N(C)C(C)c1ccc(C(C)(C)C)cc1. The van der Waals surface area contributed by atoms with Gasteiger partial charge in [0.15, 0.2) is 0 Å². The van der Waals surface area contributed by atoms with Crippen molar-refractivity contribution < 1.29 is 19.1 Å². The van der Waals surface area contributed by atoms with Crippen molar-refractivity contribution in [2.75, 3.05) is 14.2 Å². The van der Waals surface area contributed by atoms with Gasteiger partial charge in [0.2, 0.25) is 0 Å². The number of ketones is 1. The molecule has 228 valence electrons. The summed E-state index contributed by atoms with van der Waals surface area (Å²) < 4.78 is 5.05. The Morgan fingerprint density at radius 2 is 1.32 bits per heavy atom. The number of likely N-dealkylation sites (N-methyl/N-ethyl adjacent to an activating group) is 1. The van der Waals surface area contributed by atoms with E-state index in [2.05, 4.69) is 96.7 Å². The monoisotopic (exact) mass is 557 g/mol. The molecule has 0 heterocycles. The fourth-order valence-electron chi connectivity index (χ4n) is 4.06. The number of Topliss-reactive ketones (excluding diaryl/α,β-unsaturated/α-hetero) is 1. The molecule has 0 aliphatic heterocycles. The second-order valence-electron chi connectivity index (χ2n) is 10.7. The number of carbonyl (C=O) groups excluding carboxylic acids is 3. The van der Waals surface area contributed by atoms with E-state index in [-0.39, 0.29) is 23.3 Å². The molecule has 0 fully saturated rings. The number of benzene rings is 2. The van der Waals surface area contributed by atoms with Crippen molar-refractivity contribution in [1.82, 2.24) is 4.90 Å². The number of unbranched alkanes of at least 4 members (excludes halogenated alkanes) is 2. The van der Waals surface area contributed by atoms with Crippen molar-refractivity contribution in [2.24, 2.45) is 0 Å². The maximum atomic E-state index is 11.7. The van der Waals surface area contributed by atoms with Crippen molar-refractivity contribution in [3.63, 3.8) is 0 Å². The second-order valence-corrected chi connectivity index (χ2v) is 10.7. The van der Waals surface area contributed by atoms with Crippen LogP contribution < -0.4 is 4.74 Å². The average Bonchev–Trinajstić information content (AvgIpc) is 2.96. The lowest BCUT2D eigenvalue weighted by Crippen LogP contribution is -2.38. The highest BCUT2D eigenvalue weighted by molar-refractivity contribution is 5.81. The van der Waals surface area contributed by atoms with Crippen LogP contribution in [0.5, 0.6) is 5.75 Å². The van der Waals surface area contributed by atoms with E-state index in [0.717, 1.165) is 18.6 Å². The minimum absolute atomic E-state index is 0.00675. The number of carbonyl (C=O) groups is 3. The van der Waals surface area contributed by atoms with Crippen LogP contribution in [-0.4, -0.2) is 44.5 Å². The minimum Gasteiger partial charge on any atom is -0.497 e. The molecule has 0 N–H and O–H groups in total. The lowest BCUT2D eigenvalue weighted by Gasteiger charge is -2.31. The van der Waals surface area contributed by atoms with Crippen LogP contribution in [0.15, 0.2) is 48.5 Å². The molecule has 0 bridgehead atoms. The van der Waals surface area contributed by atoms with E-state index < -0.39 is 0 Å². The number of rotatable bonds is 10. The molecule has 5 nitrogen and oxygen atoms in total. The van der Waals surface area contributed by atoms with Gasteiger partial charge in [0.05, 0.1) is 13.2 Å². The van der Waals surface area contributed by atoms with Crippen LogP contribution in [0.1, 0.15) is 117 Å². The summed E-state index contributed by atoms with van der Waals surface area (Å²) in [7, 11) is 3.73. The summed E-state index contributed by atoms with van der Waals surface area (Å²) >= 11 is 0. The molecule has 2 aromatic rings. The van der Waals surface area contributed by atoms with Gasteiger partial charge >= 0.3 is 0 Å². The fraction of sp³-hybridized carbons (Fsp3) is 0.571. The third-order valence-corrected chi connectivity index (χ3v) is 6.62. The zero-order valence-corrected chi connectivity index (χ0v) is 27.5. The Balaban J connectivity index is -0.000000572. The third kappa shape index (κ3) is 17.7. The number of aryl methyl sites for hydroxylation is 1. The largest absolute Gasteiger partial charge is 0.497 e. The van der Waals surface area contributed by atoms with Crippen LogP contribution in [-0.2, 0) is 26.2 Å². The average molecular weight is 558 g/mol. The highest BCUT2D eigenvalue weighted by Gasteiger charge is 2.23. The zero-order chi connectivity index (χ0) is 31.7. The van der Waals surface area contributed by atoms with Crippen molar-refractivity contribution in [1.29, 1.82) is 0 Å².